The molecule has 1 saturated heterocycles. The summed E-state index contributed by atoms with van der Waals surface area (Å²) in [6.07, 6.45) is 1.31. The highest BCUT2D eigenvalue weighted by molar-refractivity contribution is 7.91. The van der Waals surface area contributed by atoms with Crippen LogP contribution in [0, 0.1) is 0 Å². The summed E-state index contributed by atoms with van der Waals surface area (Å²) in [5.41, 5.74) is 1.10. The van der Waals surface area contributed by atoms with E-state index in [1.54, 1.807) is 0 Å². The monoisotopic (exact) mass is 211 g/mol. The third-order valence-corrected chi connectivity index (χ3v) is 4.08. The zero-order chi connectivity index (χ0) is 10.2. The Kier molecular flexibility index (Phi) is 2.23. The molecule has 76 valence electrons. The number of rotatable bonds is 2. The average Bonchev–Trinajstić information content (AvgIpc) is 2.00. The molecule has 0 atom stereocenters. The van der Waals surface area contributed by atoms with E-state index in [1.165, 1.54) is 6.26 Å². The molecule has 1 aliphatic rings. The van der Waals surface area contributed by atoms with Crippen LogP contribution in [0.5, 0.6) is 0 Å². The van der Waals surface area contributed by atoms with Crippen molar-refractivity contribution in [3.63, 3.8) is 0 Å². The maximum Gasteiger partial charge on any atom is 0.153 e. The van der Waals surface area contributed by atoms with Gasteiger partial charge in [-0.3, -0.25) is 0 Å². The van der Waals surface area contributed by atoms with Gasteiger partial charge in [0.05, 0.1) is 5.25 Å². The van der Waals surface area contributed by atoms with Crippen LogP contribution in [0.4, 0.5) is 5.69 Å². The van der Waals surface area contributed by atoms with Gasteiger partial charge in [0.25, 0.3) is 0 Å². The topological polar surface area (TPSA) is 37.4 Å². The van der Waals surface area contributed by atoms with E-state index >= 15 is 0 Å². The second kappa shape index (κ2) is 3.28. The van der Waals surface area contributed by atoms with E-state index in [-0.39, 0.29) is 5.25 Å². The lowest BCUT2D eigenvalue weighted by Crippen LogP contribution is -2.54. The lowest BCUT2D eigenvalue weighted by molar-refractivity contribution is 0.547. The van der Waals surface area contributed by atoms with Crippen LogP contribution in [-0.4, -0.2) is 33.0 Å². The quantitative estimate of drug-likeness (QED) is 0.730. The SMILES string of the molecule is CS(=O)(=O)C1CN(c2ccccc2)C1. The van der Waals surface area contributed by atoms with Crippen molar-refractivity contribution in [1.29, 1.82) is 0 Å². The molecule has 0 bridgehead atoms. The molecule has 1 aromatic carbocycles. The van der Waals surface area contributed by atoms with Crippen molar-refractivity contribution in [1.82, 2.24) is 0 Å². The molecule has 0 aromatic heterocycles. The molecule has 14 heavy (non-hydrogen) atoms. The van der Waals surface area contributed by atoms with E-state index in [4.69, 9.17) is 0 Å². The molecular weight excluding hydrogens is 198 g/mol. The summed E-state index contributed by atoms with van der Waals surface area (Å²) in [6.45, 7) is 1.26. The molecule has 1 aliphatic heterocycles. The van der Waals surface area contributed by atoms with Gasteiger partial charge in [-0.25, -0.2) is 8.42 Å². The molecule has 1 aromatic rings. The van der Waals surface area contributed by atoms with E-state index in [0.717, 1.165) is 5.69 Å². The fourth-order valence-corrected chi connectivity index (χ4v) is 2.46. The summed E-state index contributed by atoms with van der Waals surface area (Å²) in [5, 5.41) is -0.178. The van der Waals surface area contributed by atoms with Crippen LogP contribution in [0.25, 0.3) is 0 Å². The van der Waals surface area contributed by atoms with E-state index in [0.29, 0.717) is 13.1 Å². The third-order valence-electron chi connectivity index (χ3n) is 2.57. The fraction of sp³-hybridized carbons (Fsp3) is 0.400. The fourth-order valence-electron chi connectivity index (χ4n) is 1.56. The summed E-state index contributed by atoms with van der Waals surface area (Å²) >= 11 is 0. The maximum atomic E-state index is 11.2. The second-order valence-electron chi connectivity index (χ2n) is 3.69. The third kappa shape index (κ3) is 1.75. The molecule has 0 unspecified atom stereocenters. The van der Waals surface area contributed by atoms with Crippen LogP contribution in [-0.2, 0) is 9.84 Å². The highest BCUT2D eigenvalue weighted by Gasteiger charge is 2.34. The number of anilines is 1. The van der Waals surface area contributed by atoms with Gasteiger partial charge in [-0.2, -0.15) is 0 Å². The first kappa shape index (κ1) is 9.52. The number of nitrogens with zero attached hydrogens (tertiary/aromatic N) is 1. The zero-order valence-electron chi connectivity index (χ0n) is 8.05. The van der Waals surface area contributed by atoms with Crippen LogP contribution >= 0.6 is 0 Å². The summed E-state index contributed by atoms with van der Waals surface area (Å²) in [4.78, 5) is 2.08. The number of hydrogen-bond acceptors (Lipinski definition) is 3. The van der Waals surface area contributed by atoms with Crippen molar-refractivity contribution >= 4 is 15.5 Å². The summed E-state index contributed by atoms with van der Waals surface area (Å²) in [5.74, 6) is 0. The van der Waals surface area contributed by atoms with Gasteiger partial charge in [0, 0.05) is 25.0 Å². The van der Waals surface area contributed by atoms with Gasteiger partial charge in [-0.05, 0) is 12.1 Å². The van der Waals surface area contributed by atoms with Crippen molar-refractivity contribution in [2.45, 2.75) is 5.25 Å². The predicted octanol–water partition coefficient (Wildman–Crippen LogP) is 0.920. The minimum absolute atomic E-state index is 0.178. The Bertz CT molecular complexity index is 407. The highest BCUT2D eigenvalue weighted by Crippen LogP contribution is 2.23. The van der Waals surface area contributed by atoms with E-state index in [2.05, 4.69) is 4.90 Å². The maximum absolute atomic E-state index is 11.2. The van der Waals surface area contributed by atoms with Crippen LogP contribution in [0.15, 0.2) is 30.3 Å². The van der Waals surface area contributed by atoms with Crippen LogP contribution < -0.4 is 4.90 Å². The summed E-state index contributed by atoms with van der Waals surface area (Å²) in [6, 6.07) is 9.88. The van der Waals surface area contributed by atoms with Crippen molar-refractivity contribution in [2.24, 2.45) is 0 Å². The lowest BCUT2D eigenvalue weighted by Gasteiger charge is -2.39. The Balaban J connectivity index is 2.03. The molecule has 4 heteroatoms. The first-order chi connectivity index (χ1) is 6.57. The number of hydrogen-bond donors (Lipinski definition) is 0. The molecule has 0 aliphatic carbocycles. The van der Waals surface area contributed by atoms with Crippen LogP contribution in [0.2, 0.25) is 0 Å². The molecule has 0 spiro atoms. The Morgan fingerprint density at radius 2 is 1.79 bits per heavy atom. The molecule has 3 nitrogen and oxygen atoms in total. The molecule has 2 rings (SSSR count). The average molecular weight is 211 g/mol. The number of sulfone groups is 1. The van der Waals surface area contributed by atoms with Crippen molar-refractivity contribution in [2.75, 3.05) is 24.2 Å². The van der Waals surface area contributed by atoms with Crippen molar-refractivity contribution in [3.8, 4) is 0 Å². The largest absolute Gasteiger partial charge is 0.369 e. The van der Waals surface area contributed by atoms with Crippen molar-refractivity contribution in [3.05, 3.63) is 30.3 Å². The normalized spacial score (nSPS) is 17.9. The van der Waals surface area contributed by atoms with Gasteiger partial charge < -0.3 is 4.90 Å². The molecule has 0 N–H and O–H groups in total. The Labute approximate surface area is 84.3 Å². The summed E-state index contributed by atoms with van der Waals surface area (Å²) < 4.78 is 22.3. The van der Waals surface area contributed by atoms with E-state index in [1.807, 2.05) is 30.3 Å². The molecular formula is C10H13NO2S. The van der Waals surface area contributed by atoms with Gasteiger partial charge in [-0.15, -0.1) is 0 Å². The smallest absolute Gasteiger partial charge is 0.153 e. The van der Waals surface area contributed by atoms with Gasteiger partial charge in [0.1, 0.15) is 0 Å². The first-order valence-electron chi connectivity index (χ1n) is 4.56. The van der Waals surface area contributed by atoms with Gasteiger partial charge in [-0.1, -0.05) is 18.2 Å². The Hall–Kier alpha value is -1.03. The molecule has 1 heterocycles. The predicted molar refractivity (Wildman–Crippen MR) is 57.3 cm³/mol. The van der Waals surface area contributed by atoms with E-state index < -0.39 is 9.84 Å². The molecule has 0 saturated carbocycles. The van der Waals surface area contributed by atoms with E-state index in [9.17, 15) is 8.42 Å². The number of para-hydroxylation sites is 1. The highest BCUT2D eigenvalue weighted by atomic mass is 32.2. The number of benzene rings is 1. The zero-order valence-corrected chi connectivity index (χ0v) is 8.87. The molecule has 0 radical (unpaired) electrons. The minimum Gasteiger partial charge on any atom is -0.369 e. The standard InChI is InChI=1S/C10H13NO2S/c1-14(12,13)10-7-11(8-10)9-5-3-2-4-6-9/h2-6,10H,7-8H2,1H3. The van der Waals surface area contributed by atoms with Crippen LogP contribution in [0.1, 0.15) is 0 Å². The van der Waals surface area contributed by atoms with Gasteiger partial charge in [0.2, 0.25) is 0 Å². The first-order valence-corrected chi connectivity index (χ1v) is 6.52. The van der Waals surface area contributed by atoms with Gasteiger partial charge >= 0.3 is 0 Å². The molecule has 0 amide bonds. The van der Waals surface area contributed by atoms with Crippen LogP contribution in [0.3, 0.4) is 0 Å². The van der Waals surface area contributed by atoms with Gasteiger partial charge in [0.15, 0.2) is 9.84 Å². The Morgan fingerprint density at radius 1 is 1.21 bits per heavy atom. The molecule has 1 fully saturated rings. The summed E-state index contributed by atoms with van der Waals surface area (Å²) in [7, 11) is -2.85. The lowest BCUT2D eigenvalue weighted by atomic mass is 10.2. The Morgan fingerprint density at radius 3 is 2.29 bits per heavy atom. The minimum atomic E-state index is -2.85. The van der Waals surface area contributed by atoms with Crippen molar-refractivity contribution < 1.29 is 8.42 Å². The second-order valence-corrected chi connectivity index (χ2v) is 6.02.